The quantitative estimate of drug-likeness (QED) is 0.697. The predicted molar refractivity (Wildman–Crippen MR) is 75.5 cm³/mol. The van der Waals surface area contributed by atoms with Crippen molar-refractivity contribution in [1.29, 1.82) is 0 Å². The molecule has 0 radical (unpaired) electrons. The predicted octanol–water partition coefficient (Wildman–Crippen LogP) is 1.65. The highest BCUT2D eigenvalue weighted by Gasteiger charge is 2.16. The van der Waals surface area contributed by atoms with Crippen LogP contribution in [0.25, 0.3) is 0 Å². The van der Waals surface area contributed by atoms with Crippen molar-refractivity contribution in [3.05, 3.63) is 0 Å². The molecule has 1 fully saturated rings. The van der Waals surface area contributed by atoms with Gasteiger partial charge in [0.25, 0.3) is 0 Å². The van der Waals surface area contributed by atoms with Crippen molar-refractivity contribution in [3.8, 4) is 0 Å². The monoisotopic (exact) mass is 241 g/mol. The van der Waals surface area contributed by atoms with Crippen LogP contribution in [0, 0.1) is 5.92 Å². The molecule has 0 aromatic carbocycles. The Hall–Kier alpha value is -0.120. The van der Waals surface area contributed by atoms with Crippen LogP contribution >= 0.6 is 0 Å². The molecule has 0 bridgehead atoms. The van der Waals surface area contributed by atoms with Crippen LogP contribution < -0.4 is 5.32 Å². The van der Waals surface area contributed by atoms with Crippen LogP contribution in [0.1, 0.15) is 33.6 Å². The minimum atomic E-state index is 0.924. The number of hydrogen-bond acceptors (Lipinski definition) is 3. The largest absolute Gasteiger partial charge is 0.317 e. The Morgan fingerprint density at radius 2 is 1.41 bits per heavy atom. The molecular weight excluding hydrogens is 210 g/mol. The van der Waals surface area contributed by atoms with Crippen molar-refractivity contribution in [2.45, 2.75) is 33.6 Å². The van der Waals surface area contributed by atoms with E-state index in [-0.39, 0.29) is 0 Å². The van der Waals surface area contributed by atoms with Gasteiger partial charge in [0.15, 0.2) is 0 Å². The van der Waals surface area contributed by atoms with Crippen molar-refractivity contribution >= 4 is 0 Å². The molecule has 3 heteroatoms. The molecule has 1 N–H and O–H groups in total. The molecule has 0 aromatic heterocycles. The van der Waals surface area contributed by atoms with Gasteiger partial charge in [-0.05, 0) is 51.5 Å². The smallest absolute Gasteiger partial charge is 0.0109 e. The van der Waals surface area contributed by atoms with Gasteiger partial charge in [-0.3, -0.25) is 0 Å². The Kier molecular flexibility index (Phi) is 7.82. The second-order valence-electron chi connectivity index (χ2n) is 5.11. The summed E-state index contributed by atoms with van der Waals surface area (Å²) in [4.78, 5) is 5.15. The van der Waals surface area contributed by atoms with Gasteiger partial charge in [0.1, 0.15) is 0 Å². The van der Waals surface area contributed by atoms with Crippen molar-refractivity contribution in [2.75, 3.05) is 52.4 Å². The average Bonchev–Trinajstić information content (AvgIpc) is 2.39. The van der Waals surface area contributed by atoms with Crippen LogP contribution in [0.3, 0.4) is 0 Å². The van der Waals surface area contributed by atoms with E-state index in [9.17, 15) is 0 Å². The van der Waals surface area contributed by atoms with E-state index in [0.717, 1.165) is 5.92 Å². The third-order valence-electron chi connectivity index (χ3n) is 4.05. The molecule has 1 saturated heterocycles. The number of likely N-dealkylation sites (N-methyl/N-ethyl adjacent to an activating group) is 2. The first kappa shape index (κ1) is 14.9. The SMILES string of the molecule is CCN(CC)CCN(CC)CC1CCNCC1. The van der Waals surface area contributed by atoms with Crippen molar-refractivity contribution < 1.29 is 0 Å². The number of hydrogen-bond donors (Lipinski definition) is 1. The van der Waals surface area contributed by atoms with Gasteiger partial charge in [0.05, 0.1) is 0 Å². The third-order valence-corrected chi connectivity index (χ3v) is 4.05. The molecule has 17 heavy (non-hydrogen) atoms. The van der Waals surface area contributed by atoms with Gasteiger partial charge in [-0.15, -0.1) is 0 Å². The minimum Gasteiger partial charge on any atom is -0.317 e. The molecule has 1 aliphatic heterocycles. The molecule has 0 saturated carbocycles. The third kappa shape index (κ3) is 5.84. The fourth-order valence-corrected chi connectivity index (χ4v) is 2.63. The fraction of sp³-hybridized carbons (Fsp3) is 1.00. The van der Waals surface area contributed by atoms with E-state index in [1.807, 2.05) is 0 Å². The lowest BCUT2D eigenvalue weighted by Gasteiger charge is -2.30. The maximum Gasteiger partial charge on any atom is 0.0109 e. The molecule has 0 spiro atoms. The summed E-state index contributed by atoms with van der Waals surface area (Å²) < 4.78 is 0. The Labute approximate surface area is 108 Å². The molecule has 3 nitrogen and oxygen atoms in total. The van der Waals surface area contributed by atoms with E-state index >= 15 is 0 Å². The Morgan fingerprint density at radius 1 is 0.882 bits per heavy atom. The maximum atomic E-state index is 3.45. The highest BCUT2D eigenvalue weighted by molar-refractivity contribution is 4.72. The Morgan fingerprint density at radius 3 is 1.94 bits per heavy atom. The van der Waals surface area contributed by atoms with Crippen LogP contribution in [0.4, 0.5) is 0 Å². The first-order valence-corrected chi connectivity index (χ1v) is 7.45. The Bertz CT molecular complexity index is 174. The summed E-state index contributed by atoms with van der Waals surface area (Å²) in [5, 5.41) is 3.45. The molecule has 1 rings (SSSR count). The first-order chi connectivity index (χ1) is 8.30. The number of rotatable bonds is 8. The lowest BCUT2D eigenvalue weighted by Crippen LogP contribution is -2.40. The summed E-state index contributed by atoms with van der Waals surface area (Å²) in [6.45, 7) is 16.6. The summed E-state index contributed by atoms with van der Waals surface area (Å²) in [5.74, 6) is 0.924. The van der Waals surface area contributed by atoms with E-state index < -0.39 is 0 Å². The van der Waals surface area contributed by atoms with Crippen molar-refractivity contribution in [3.63, 3.8) is 0 Å². The van der Waals surface area contributed by atoms with E-state index in [0.29, 0.717) is 0 Å². The highest BCUT2D eigenvalue weighted by Crippen LogP contribution is 2.13. The molecule has 0 atom stereocenters. The topological polar surface area (TPSA) is 18.5 Å². The molecule has 1 aliphatic rings. The molecule has 0 amide bonds. The molecule has 1 heterocycles. The first-order valence-electron chi connectivity index (χ1n) is 7.45. The summed E-state index contributed by atoms with van der Waals surface area (Å²) >= 11 is 0. The highest BCUT2D eigenvalue weighted by atomic mass is 15.2. The zero-order valence-electron chi connectivity index (χ0n) is 12.0. The second-order valence-corrected chi connectivity index (χ2v) is 5.11. The zero-order chi connectivity index (χ0) is 12.5. The van der Waals surface area contributed by atoms with Gasteiger partial charge in [-0.2, -0.15) is 0 Å². The van der Waals surface area contributed by atoms with E-state index in [1.165, 1.54) is 65.2 Å². The second kappa shape index (κ2) is 8.90. The summed E-state index contributed by atoms with van der Waals surface area (Å²) in [7, 11) is 0. The van der Waals surface area contributed by atoms with Crippen LogP contribution in [0.15, 0.2) is 0 Å². The molecule has 0 unspecified atom stereocenters. The Balaban J connectivity index is 2.22. The summed E-state index contributed by atoms with van der Waals surface area (Å²) in [5.41, 5.74) is 0. The molecule has 0 aliphatic carbocycles. The van der Waals surface area contributed by atoms with Crippen LogP contribution in [-0.4, -0.2) is 62.2 Å². The average molecular weight is 241 g/mol. The summed E-state index contributed by atoms with van der Waals surface area (Å²) in [6, 6.07) is 0. The van der Waals surface area contributed by atoms with Gasteiger partial charge in [-0.25, -0.2) is 0 Å². The molecular formula is C14H31N3. The van der Waals surface area contributed by atoms with Gasteiger partial charge < -0.3 is 15.1 Å². The minimum absolute atomic E-state index is 0.924. The van der Waals surface area contributed by atoms with Crippen LogP contribution in [0.2, 0.25) is 0 Å². The number of nitrogens with zero attached hydrogens (tertiary/aromatic N) is 2. The van der Waals surface area contributed by atoms with Gasteiger partial charge in [0.2, 0.25) is 0 Å². The van der Waals surface area contributed by atoms with E-state index in [2.05, 4.69) is 35.9 Å². The van der Waals surface area contributed by atoms with Gasteiger partial charge in [0, 0.05) is 19.6 Å². The summed E-state index contributed by atoms with van der Waals surface area (Å²) in [6.07, 6.45) is 2.73. The molecule has 102 valence electrons. The molecule has 0 aromatic rings. The zero-order valence-corrected chi connectivity index (χ0v) is 12.0. The lowest BCUT2D eigenvalue weighted by molar-refractivity contribution is 0.182. The lowest BCUT2D eigenvalue weighted by atomic mass is 9.97. The fourth-order valence-electron chi connectivity index (χ4n) is 2.63. The van der Waals surface area contributed by atoms with Crippen molar-refractivity contribution in [2.24, 2.45) is 5.92 Å². The van der Waals surface area contributed by atoms with Gasteiger partial charge >= 0.3 is 0 Å². The number of nitrogens with one attached hydrogen (secondary N) is 1. The standard InChI is InChI=1S/C14H31N3/c1-4-16(5-2)11-12-17(6-3)13-14-7-9-15-10-8-14/h14-15H,4-13H2,1-3H3. The maximum absolute atomic E-state index is 3.45. The van der Waals surface area contributed by atoms with Crippen LogP contribution in [-0.2, 0) is 0 Å². The van der Waals surface area contributed by atoms with E-state index in [1.54, 1.807) is 0 Å². The van der Waals surface area contributed by atoms with Gasteiger partial charge in [-0.1, -0.05) is 20.8 Å². The van der Waals surface area contributed by atoms with Crippen LogP contribution in [0.5, 0.6) is 0 Å². The van der Waals surface area contributed by atoms with E-state index in [4.69, 9.17) is 0 Å². The number of piperidine rings is 1. The van der Waals surface area contributed by atoms with Crippen molar-refractivity contribution in [1.82, 2.24) is 15.1 Å². The normalized spacial score (nSPS) is 18.2.